The lowest BCUT2D eigenvalue weighted by Gasteiger charge is -2.16. The molecule has 2 rings (SSSR count). The molecule has 0 bridgehead atoms. The highest BCUT2D eigenvalue weighted by Gasteiger charge is 2.61. The summed E-state index contributed by atoms with van der Waals surface area (Å²) in [5.41, 5.74) is 1.71. The predicted octanol–water partition coefficient (Wildman–Crippen LogP) is 3.68. The number of hydrogen-bond donors (Lipinski definition) is 0. The molecule has 0 radical (unpaired) electrons. The Kier molecular flexibility index (Phi) is 4.23. The van der Waals surface area contributed by atoms with E-state index < -0.39 is 8.07 Å². The van der Waals surface area contributed by atoms with Gasteiger partial charge in [0.1, 0.15) is 5.75 Å². The van der Waals surface area contributed by atoms with Gasteiger partial charge in [-0.15, -0.1) is 0 Å². The van der Waals surface area contributed by atoms with E-state index >= 15 is 0 Å². The average molecular weight is 292 g/mol. The van der Waals surface area contributed by atoms with Crippen LogP contribution < -0.4 is 4.74 Å². The topological polar surface area (TPSA) is 35.5 Å². The molecule has 0 heterocycles. The van der Waals surface area contributed by atoms with E-state index in [9.17, 15) is 4.79 Å². The Morgan fingerprint density at radius 2 is 1.80 bits per heavy atom. The van der Waals surface area contributed by atoms with E-state index in [0.29, 0.717) is 18.1 Å². The Bertz CT molecular complexity index is 475. The average Bonchev–Trinajstić information content (AvgIpc) is 3.14. The largest absolute Gasteiger partial charge is 0.497 e. The molecule has 1 fully saturated rings. The molecule has 0 aliphatic heterocycles. The second kappa shape index (κ2) is 5.60. The molecule has 4 heteroatoms. The summed E-state index contributed by atoms with van der Waals surface area (Å²) in [5, 5.41) is 0. The van der Waals surface area contributed by atoms with Crippen LogP contribution in [0.3, 0.4) is 0 Å². The maximum Gasteiger partial charge on any atom is 0.309 e. The predicted molar refractivity (Wildman–Crippen MR) is 83.0 cm³/mol. The van der Waals surface area contributed by atoms with Crippen molar-refractivity contribution < 1.29 is 14.3 Å². The van der Waals surface area contributed by atoms with Crippen molar-refractivity contribution in [3.8, 4) is 5.75 Å². The Hall–Kier alpha value is -1.29. The lowest BCUT2D eigenvalue weighted by atomic mass is 10.1. The molecule has 0 aromatic heterocycles. The molecule has 1 unspecified atom stereocenters. The summed E-state index contributed by atoms with van der Waals surface area (Å²) in [4.78, 5) is 12.1. The van der Waals surface area contributed by atoms with Crippen LogP contribution >= 0.6 is 0 Å². The van der Waals surface area contributed by atoms with Gasteiger partial charge in [0.25, 0.3) is 0 Å². The number of carbonyl (C=O) groups excluding carboxylic acids is 1. The van der Waals surface area contributed by atoms with Gasteiger partial charge in [0.2, 0.25) is 0 Å². The van der Waals surface area contributed by atoms with Crippen LogP contribution in [0.5, 0.6) is 5.75 Å². The quantitative estimate of drug-likeness (QED) is 0.613. The maximum atomic E-state index is 12.1. The van der Waals surface area contributed by atoms with Crippen LogP contribution in [-0.2, 0) is 9.53 Å². The molecular weight excluding hydrogens is 268 g/mol. The molecule has 3 atom stereocenters. The number of carbonyl (C=O) groups is 1. The molecular formula is C16H24O3Si. The zero-order valence-electron chi connectivity index (χ0n) is 13.0. The van der Waals surface area contributed by atoms with Crippen molar-refractivity contribution in [1.82, 2.24) is 0 Å². The molecule has 0 amide bonds. The fourth-order valence-electron chi connectivity index (χ4n) is 3.16. The van der Waals surface area contributed by atoms with Crippen molar-refractivity contribution >= 4 is 14.0 Å². The van der Waals surface area contributed by atoms with Crippen LogP contribution in [0.15, 0.2) is 24.3 Å². The number of hydrogen-bond acceptors (Lipinski definition) is 3. The fourth-order valence-corrected chi connectivity index (χ4v) is 5.95. The second-order valence-electron chi connectivity index (χ2n) is 6.47. The minimum atomic E-state index is -1.38. The van der Waals surface area contributed by atoms with Crippen LogP contribution in [0, 0.1) is 5.92 Å². The zero-order chi connectivity index (χ0) is 14.9. The monoisotopic (exact) mass is 292 g/mol. The third-order valence-electron chi connectivity index (χ3n) is 4.08. The number of benzene rings is 1. The minimum absolute atomic E-state index is 0.0271. The highest BCUT2D eigenvalue weighted by molar-refractivity contribution is 6.79. The standard InChI is InChI=1S/C16H24O3Si/c1-6-19-16(17)14-13(15(14)20(3,4)5)11-7-9-12(18-2)10-8-11/h7-10,13-15H,6H2,1-5H3/t13-,14-,15?/m1/s1. The third-order valence-corrected chi connectivity index (χ3v) is 6.80. The highest BCUT2D eigenvalue weighted by Crippen LogP contribution is 2.64. The van der Waals surface area contributed by atoms with Gasteiger partial charge in [-0.3, -0.25) is 4.79 Å². The first-order valence-corrected chi connectivity index (χ1v) is 10.8. The number of esters is 1. The molecule has 0 N–H and O–H groups in total. The van der Waals surface area contributed by atoms with Gasteiger partial charge in [-0.1, -0.05) is 31.8 Å². The Morgan fingerprint density at radius 3 is 2.25 bits per heavy atom. The molecule has 1 saturated carbocycles. The molecule has 0 saturated heterocycles. The summed E-state index contributed by atoms with van der Waals surface area (Å²) in [7, 11) is 0.287. The SMILES string of the molecule is CCOC(=O)[C@H]1C([Si](C)(C)C)[C@@H]1c1ccc(OC)cc1. The lowest BCUT2D eigenvalue weighted by Crippen LogP contribution is -2.23. The van der Waals surface area contributed by atoms with Crippen molar-refractivity contribution in [3.63, 3.8) is 0 Å². The molecule has 110 valence electrons. The highest BCUT2D eigenvalue weighted by atomic mass is 28.3. The van der Waals surface area contributed by atoms with Crippen molar-refractivity contribution in [2.75, 3.05) is 13.7 Å². The first-order chi connectivity index (χ1) is 9.40. The van der Waals surface area contributed by atoms with Gasteiger partial charge in [0.15, 0.2) is 0 Å². The number of ether oxygens (including phenoxy) is 2. The van der Waals surface area contributed by atoms with Crippen LogP contribution in [0.2, 0.25) is 25.2 Å². The van der Waals surface area contributed by atoms with Gasteiger partial charge in [0.05, 0.1) is 19.6 Å². The van der Waals surface area contributed by atoms with Crippen molar-refractivity contribution in [1.29, 1.82) is 0 Å². The van der Waals surface area contributed by atoms with Gasteiger partial charge < -0.3 is 9.47 Å². The van der Waals surface area contributed by atoms with Crippen LogP contribution in [-0.4, -0.2) is 27.8 Å². The molecule has 1 aromatic carbocycles. The molecule has 1 aliphatic carbocycles. The van der Waals surface area contributed by atoms with Crippen molar-refractivity contribution in [2.24, 2.45) is 5.92 Å². The van der Waals surface area contributed by atoms with Gasteiger partial charge in [-0.25, -0.2) is 0 Å². The molecule has 20 heavy (non-hydrogen) atoms. The van der Waals surface area contributed by atoms with E-state index in [2.05, 4.69) is 31.8 Å². The summed E-state index contributed by atoms with van der Waals surface area (Å²) < 4.78 is 10.4. The smallest absolute Gasteiger partial charge is 0.309 e. The Morgan fingerprint density at radius 1 is 1.20 bits per heavy atom. The zero-order valence-corrected chi connectivity index (χ0v) is 14.0. The summed E-state index contributed by atoms with van der Waals surface area (Å²) in [6.45, 7) is 9.31. The van der Waals surface area contributed by atoms with Crippen LogP contribution in [0.1, 0.15) is 18.4 Å². The van der Waals surface area contributed by atoms with Gasteiger partial charge in [-0.2, -0.15) is 0 Å². The van der Waals surface area contributed by atoms with E-state index in [1.165, 1.54) is 5.56 Å². The maximum absolute atomic E-state index is 12.1. The molecule has 0 spiro atoms. The van der Waals surface area contributed by atoms with Gasteiger partial charge >= 0.3 is 5.97 Å². The Balaban J connectivity index is 2.21. The summed E-state index contributed by atoms with van der Waals surface area (Å²) in [6, 6.07) is 8.10. The van der Waals surface area contributed by atoms with Crippen LogP contribution in [0.25, 0.3) is 0 Å². The van der Waals surface area contributed by atoms with Gasteiger partial charge in [0, 0.05) is 8.07 Å². The summed E-state index contributed by atoms with van der Waals surface area (Å²) in [6.07, 6.45) is 0. The van der Waals surface area contributed by atoms with Crippen molar-refractivity contribution in [3.05, 3.63) is 29.8 Å². The minimum Gasteiger partial charge on any atom is -0.497 e. The lowest BCUT2D eigenvalue weighted by molar-refractivity contribution is -0.144. The van der Waals surface area contributed by atoms with Crippen molar-refractivity contribution in [2.45, 2.75) is 38.0 Å². The molecule has 1 aromatic rings. The number of rotatable bonds is 5. The summed E-state index contributed by atoms with van der Waals surface area (Å²) >= 11 is 0. The first-order valence-electron chi connectivity index (χ1n) is 7.20. The van der Waals surface area contributed by atoms with E-state index in [-0.39, 0.29) is 11.9 Å². The Labute approximate surface area is 122 Å². The first kappa shape index (κ1) is 15.1. The van der Waals surface area contributed by atoms with Gasteiger partial charge in [-0.05, 0) is 36.1 Å². The molecule has 1 aliphatic rings. The fraction of sp³-hybridized carbons (Fsp3) is 0.562. The van der Waals surface area contributed by atoms with E-state index in [1.807, 2.05) is 19.1 Å². The third kappa shape index (κ3) is 2.90. The summed E-state index contributed by atoms with van der Waals surface area (Å²) in [5.74, 6) is 1.20. The second-order valence-corrected chi connectivity index (χ2v) is 11.9. The van der Waals surface area contributed by atoms with E-state index in [1.54, 1.807) is 7.11 Å². The normalized spacial score (nSPS) is 25.1. The number of methoxy groups -OCH3 is 1. The van der Waals surface area contributed by atoms with E-state index in [0.717, 1.165) is 5.75 Å². The molecule has 3 nitrogen and oxygen atoms in total. The van der Waals surface area contributed by atoms with Crippen LogP contribution in [0.4, 0.5) is 0 Å². The van der Waals surface area contributed by atoms with E-state index in [4.69, 9.17) is 9.47 Å².